The minimum absolute atomic E-state index is 0.0433. The fourth-order valence-electron chi connectivity index (χ4n) is 8.44. The van der Waals surface area contributed by atoms with E-state index in [2.05, 4.69) is 32.1 Å². The Morgan fingerprint density at radius 2 is 1.61 bits per heavy atom. The van der Waals surface area contributed by atoms with Crippen LogP contribution in [0.4, 0.5) is 49.7 Å². The van der Waals surface area contributed by atoms with Crippen molar-refractivity contribution in [1.82, 2.24) is 29.9 Å². The van der Waals surface area contributed by atoms with E-state index >= 15 is 8.78 Å². The first-order valence-electron chi connectivity index (χ1n) is 20.1. The number of carbonyl (C=O) groups is 1. The number of amides is 1. The number of anilines is 1. The first-order valence-corrected chi connectivity index (χ1v) is 24.2. The Morgan fingerprint density at radius 1 is 0.970 bits per heavy atom. The van der Waals surface area contributed by atoms with Gasteiger partial charge in [0.2, 0.25) is 15.9 Å². The largest absolute Gasteiger partial charge is 0.435 e. The molecule has 1 amide bonds. The van der Waals surface area contributed by atoms with Crippen molar-refractivity contribution in [2.24, 2.45) is 0 Å². The molecule has 5 aromatic rings. The fourth-order valence-corrected chi connectivity index (χ4v) is 9.42. The Kier molecular flexibility index (Phi) is 12.5. The molecule has 0 fully saturated rings. The lowest BCUT2D eigenvalue weighted by Crippen LogP contribution is -2.35. The molecule has 0 unspecified atom stereocenters. The van der Waals surface area contributed by atoms with E-state index < -0.39 is 127 Å². The maximum atomic E-state index is 15.4. The van der Waals surface area contributed by atoms with E-state index in [-0.39, 0.29) is 56.0 Å². The summed E-state index contributed by atoms with van der Waals surface area (Å²) < 4.78 is 197. The van der Waals surface area contributed by atoms with Crippen LogP contribution in [-0.4, -0.2) is 70.7 Å². The van der Waals surface area contributed by atoms with Gasteiger partial charge in [0.1, 0.15) is 40.9 Å². The molecule has 12 nitrogen and oxygen atoms in total. The van der Waals surface area contributed by atoms with Crippen LogP contribution < -0.4 is 10.0 Å². The second-order valence-electron chi connectivity index (χ2n) is 17.1. The lowest BCUT2D eigenvalue weighted by atomic mass is 9.88. The molecule has 25 heteroatoms. The summed E-state index contributed by atoms with van der Waals surface area (Å²) in [5, 5.41) is 9.25. The van der Waals surface area contributed by atoms with Crippen molar-refractivity contribution in [3.63, 3.8) is 0 Å². The number of aromatic nitrogens is 5. The molecule has 0 spiro atoms. The lowest BCUT2D eigenvalue weighted by Gasteiger charge is -2.25. The zero-order chi connectivity index (χ0) is 49.6. The number of hydrogen-bond donors (Lipinski definition) is 2. The van der Waals surface area contributed by atoms with Gasteiger partial charge in [-0.25, -0.2) is 30.6 Å². The molecule has 2 aliphatic carbocycles. The van der Waals surface area contributed by atoms with Crippen LogP contribution in [0, 0.1) is 23.5 Å². The minimum Gasteiger partial charge on any atom is -0.346 e. The third kappa shape index (κ3) is 10.1. The summed E-state index contributed by atoms with van der Waals surface area (Å²) in [6.45, 7) is 0.677. The summed E-state index contributed by atoms with van der Waals surface area (Å²) in [6.07, 6.45) is -9.52. The van der Waals surface area contributed by atoms with E-state index in [9.17, 15) is 56.8 Å². The number of pyridine rings is 1. The molecule has 2 N–H and O–H groups in total. The standard InChI is InChI=1S/C42H38ClF10N7O5S2/c1-20-17-40(46,47)37-31(20)36(42(51,52)53)56-59(37)18-30(61)54-29(15-21-13-22(44)16-23(45)14-21)34-32(25-8-6-7-24(25)28(55-34)11-12-39(2,3)66(4,62)63)26-9-10-27(43)33-35(26)60(19-41(48,49)50)57-38(33)58-67(5,64)65/h9-10,13-14,16,20,29H,6-8,15,17-19H2,1-5H3,(H,54,61)(H,57,58)/t20-,29+/m0/s1. The molecule has 3 aromatic heterocycles. The number of halogens is 11. The van der Waals surface area contributed by atoms with Crippen molar-refractivity contribution >= 4 is 54.1 Å². The van der Waals surface area contributed by atoms with Gasteiger partial charge in [-0.3, -0.25) is 18.9 Å². The van der Waals surface area contributed by atoms with Gasteiger partial charge in [0, 0.05) is 35.4 Å². The molecule has 0 aliphatic heterocycles. The Hall–Kier alpha value is -5.41. The Labute approximate surface area is 381 Å². The molecule has 67 heavy (non-hydrogen) atoms. The number of nitrogens with one attached hydrogen (secondary N) is 2. The van der Waals surface area contributed by atoms with Crippen LogP contribution in [0.5, 0.6) is 0 Å². The van der Waals surface area contributed by atoms with Crippen molar-refractivity contribution in [3.8, 4) is 23.0 Å². The maximum absolute atomic E-state index is 15.4. The third-order valence-electron chi connectivity index (χ3n) is 11.4. The topological polar surface area (TPSA) is 158 Å². The quantitative estimate of drug-likeness (QED) is 0.0985. The molecule has 2 aromatic carbocycles. The first kappa shape index (κ1) is 49.5. The van der Waals surface area contributed by atoms with Gasteiger partial charge >= 0.3 is 12.4 Å². The third-order valence-corrected chi connectivity index (χ3v) is 14.2. The molecule has 360 valence electrons. The van der Waals surface area contributed by atoms with Gasteiger partial charge in [-0.2, -0.15) is 45.3 Å². The number of sulfonamides is 1. The van der Waals surface area contributed by atoms with Gasteiger partial charge in [-0.15, -0.1) is 0 Å². The Bertz CT molecular complexity index is 3140. The second-order valence-corrected chi connectivity index (χ2v) is 21.8. The summed E-state index contributed by atoms with van der Waals surface area (Å²) in [7, 11) is -8.09. The van der Waals surface area contributed by atoms with E-state index in [1.165, 1.54) is 26.0 Å². The van der Waals surface area contributed by atoms with Crippen LogP contribution in [0.1, 0.15) is 90.6 Å². The highest BCUT2D eigenvalue weighted by molar-refractivity contribution is 7.92. The molecule has 7 rings (SSSR count). The molecule has 0 saturated carbocycles. The lowest BCUT2D eigenvalue weighted by molar-refractivity contribution is -0.143. The number of benzene rings is 2. The zero-order valence-corrected chi connectivity index (χ0v) is 38.1. The number of fused-ring (bicyclic) bond motifs is 3. The monoisotopic (exact) mass is 1010 g/mol. The van der Waals surface area contributed by atoms with Crippen molar-refractivity contribution in [2.45, 2.75) is 101 Å². The molecule has 2 atom stereocenters. The van der Waals surface area contributed by atoms with Crippen molar-refractivity contribution in [1.29, 1.82) is 0 Å². The molecule has 0 radical (unpaired) electrons. The van der Waals surface area contributed by atoms with Crippen LogP contribution >= 0.6 is 11.6 Å². The zero-order valence-electron chi connectivity index (χ0n) is 35.7. The highest BCUT2D eigenvalue weighted by atomic mass is 35.5. The average Bonchev–Trinajstić information content (AvgIpc) is 3.92. The van der Waals surface area contributed by atoms with Gasteiger partial charge in [0.25, 0.3) is 5.92 Å². The smallest absolute Gasteiger partial charge is 0.346 e. The van der Waals surface area contributed by atoms with E-state index in [0.29, 0.717) is 34.6 Å². The van der Waals surface area contributed by atoms with E-state index in [4.69, 9.17) is 16.6 Å². The summed E-state index contributed by atoms with van der Waals surface area (Å²) in [5.74, 6) is -3.82. The summed E-state index contributed by atoms with van der Waals surface area (Å²) in [5.41, 5.74) is -4.07. The molecule has 0 bridgehead atoms. The van der Waals surface area contributed by atoms with Gasteiger partial charge in [-0.05, 0) is 86.3 Å². The van der Waals surface area contributed by atoms with Crippen molar-refractivity contribution in [3.05, 3.63) is 92.0 Å². The fraction of sp³-hybridized carbons (Fsp3) is 0.429. The molecular weight excluding hydrogens is 972 g/mol. The summed E-state index contributed by atoms with van der Waals surface area (Å²) >= 11 is 6.57. The summed E-state index contributed by atoms with van der Waals surface area (Å²) in [4.78, 5) is 19.0. The van der Waals surface area contributed by atoms with Crippen LogP contribution in [-0.2, 0) is 69.1 Å². The number of sulfone groups is 1. The van der Waals surface area contributed by atoms with E-state index in [1.807, 2.05) is 0 Å². The van der Waals surface area contributed by atoms with Crippen LogP contribution in [0.3, 0.4) is 0 Å². The van der Waals surface area contributed by atoms with E-state index in [1.54, 1.807) is 0 Å². The number of alkyl halides is 8. The van der Waals surface area contributed by atoms with Crippen LogP contribution in [0.2, 0.25) is 5.02 Å². The SMILES string of the molecule is C[C@H]1CC(F)(F)c2c1c(C(F)(F)F)nn2CC(=O)N[C@H](Cc1cc(F)cc(F)c1)c1nc(C#CC(C)(C)S(C)(=O)=O)c2c(c1-c1ccc(Cl)c3c(NS(C)(=O)=O)nn(CC(F)(F)F)c13)CCC2. The normalized spacial score (nSPS) is 16.7. The van der Waals surface area contributed by atoms with Gasteiger partial charge in [0.15, 0.2) is 21.3 Å². The number of carbonyl (C=O) groups excluding carboxylic acids is 1. The maximum Gasteiger partial charge on any atom is 0.435 e. The van der Waals surface area contributed by atoms with Crippen molar-refractivity contribution in [2.75, 3.05) is 17.2 Å². The second kappa shape index (κ2) is 17.0. The predicted octanol–water partition coefficient (Wildman–Crippen LogP) is 8.54. The van der Waals surface area contributed by atoms with Gasteiger partial charge in [-0.1, -0.05) is 30.5 Å². The number of rotatable bonds is 11. The highest BCUT2D eigenvalue weighted by Gasteiger charge is 2.53. The van der Waals surface area contributed by atoms with Crippen LogP contribution in [0.15, 0.2) is 30.3 Å². The molecule has 3 heterocycles. The minimum atomic E-state index is -5.21. The summed E-state index contributed by atoms with van der Waals surface area (Å²) in [6, 6.07) is 3.04. The highest BCUT2D eigenvalue weighted by Crippen LogP contribution is 2.52. The van der Waals surface area contributed by atoms with Crippen molar-refractivity contribution < 1.29 is 65.5 Å². The van der Waals surface area contributed by atoms with Gasteiger partial charge in [0.05, 0.1) is 33.9 Å². The number of hydrogen-bond acceptors (Lipinski definition) is 8. The predicted molar refractivity (Wildman–Crippen MR) is 225 cm³/mol. The number of nitrogens with zero attached hydrogens (tertiary/aromatic N) is 5. The molecule has 0 saturated heterocycles. The molecule has 2 aliphatic rings. The Balaban J connectivity index is 1.53. The van der Waals surface area contributed by atoms with Gasteiger partial charge < -0.3 is 5.32 Å². The van der Waals surface area contributed by atoms with Crippen LogP contribution in [0.25, 0.3) is 22.0 Å². The molecular formula is C42H38ClF10N7O5S2. The first-order chi connectivity index (χ1) is 30.7. The Morgan fingerprint density at radius 3 is 2.21 bits per heavy atom. The van der Waals surface area contributed by atoms with E-state index in [0.717, 1.165) is 25.3 Å². The average molecular weight is 1010 g/mol.